The standard InChI is InChI=1S/C16H23NO3.C10H11NO5.C5H12.C2H6/c1-12-8-14(9-13-6-4-3-5-7-13)10-19-11-15(17-2)16(18)20-12;1-7(13)15-6-16-10-8(5-12)11-4-3-9(10)14-2;1-4-5(2)3;1-2/h3-7,12,14-15,17H,8-11H2,1-2H3;3-5H,6H2,1-2H3;5H,4H2,1-3H3;1-2H3/t12?,14-,15-;;;/m0.../s1. The maximum absolute atomic E-state index is 11.9. The number of aromatic nitrogens is 1. The van der Waals surface area contributed by atoms with Gasteiger partial charge in [-0.3, -0.25) is 14.4 Å². The molecule has 43 heavy (non-hydrogen) atoms. The van der Waals surface area contributed by atoms with Gasteiger partial charge in [-0.1, -0.05) is 71.4 Å². The Hall–Kier alpha value is -3.50. The highest BCUT2D eigenvalue weighted by Crippen LogP contribution is 2.28. The number of pyridine rings is 1. The molecule has 1 unspecified atom stereocenters. The smallest absolute Gasteiger partial charge is 0.325 e. The van der Waals surface area contributed by atoms with Crippen molar-refractivity contribution in [2.75, 3.05) is 34.2 Å². The van der Waals surface area contributed by atoms with Gasteiger partial charge in [-0.25, -0.2) is 4.98 Å². The van der Waals surface area contributed by atoms with Crippen molar-refractivity contribution in [3.63, 3.8) is 0 Å². The van der Waals surface area contributed by atoms with Crippen LogP contribution in [0.5, 0.6) is 11.5 Å². The maximum atomic E-state index is 11.9. The van der Waals surface area contributed by atoms with Crippen LogP contribution in [0.15, 0.2) is 42.6 Å². The highest BCUT2D eigenvalue weighted by atomic mass is 16.7. The predicted molar refractivity (Wildman–Crippen MR) is 167 cm³/mol. The average molecular weight is 605 g/mol. The third-order valence-electron chi connectivity index (χ3n) is 6.13. The van der Waals surface area contributed by atoms with E-state index in [0.717, 1.165) is 18.8 Å². The van der Waals surface area contributed by atoms with Crippen LogP contribution >= 0.6 is 0 Å². The fraction of sp³-hybridized carbons (Fsp3) is 0.576. The number of cyclic esters (lactones) is 1. The summed E-state index contributed by atoms with van der Waals surface area (Å²) in [5.74, 6) is 1.06. The molecule has 1 fully saturated rings. The Morgan fingerprint density at radius 3 is 2.35 bits per heavy atom. The number of carbonyl (C=O) groups excluding carboxylic acids is 3. The highest BCUT2D eigenvalue weighted by Gasteiger charge is 2.25. The molecule has 2 heterocycles. The van der Waals surface area contributed by atoms with E-state index in [0.29, 0.717) is 31.2 Å². The van der Waals surface area contributed by atoms with E-state index < -0.39 is 5.97 Å². The lowest BCUT2D eigenvalue weighted by Crippen LogP contribution is -2.40. The van der Waals surface area contributed by atoms with Gasteiger partial charge in [0.2, 0.25) is 6.79 Å². The molecule has 1 aliphatic rings. The molecule has 1 aromatic heterocycles. The minimum Gasteiger partial charge on any atom is -0.493 e. The Kier molecular flexibility index (Phi) is 22.0. The number of esters is 2. The Balaban J connectivity index is 0.000000687. The van der Waals surface area contributed by atoms with Crippen molar-refractivity contribution in [1.82, 2.24) is 10.3 Å². The summed E-state index contributed by atoms with van der Waals surface area (Å²) in [4.78, 5) is 36.9. The van der Waals surface area contributed by atoms with Gasteiger partial charge >= 0.3 is 11.9 Å². The summed E-state index contributed by atoms with van der Waals surface area (Å²) in [6, 6.07) is 11.5. The summed E-state index contributed by atoms with van der Waals surface area (Å²) in [5, 5.41) is 2.93. The highest BCUT2D eigenvalue weighted by molar-refractivity contribution is 5.78. The first-order valence-electron chi connectivity index (χ1n) is 14.9. The lowest BCUT2D eigenvalue weighted by molar-refractivity contribution is -0.151. The minimum absolute atomic E-state index is 0.0752. The van der Waals surface area contributed by atoms with E-state index in [9.17, 15) is 14.4 Å². The van der Waals surface area contributed by atoms with Gasteiger partial charge in [0.05, 0.1) is 19.8 Å². The summed E-state index contributed by atoms with van der Waals surface area (Å²) in [5.41, 5.74) is 1.38. The van der Waals surface area contributed by atoms with Gasteiger partial charge in [-0.2, -0.15) is 0 Å². The van der Waals surface area contributed by atoms with Crippen molar-refractivity contribution >= 4 is 18.2 Å². The maximum Gasteiger partial charge on any atom is 0.325 e. The Labute approximate surface area is 257 Å². The number of aldehydes is 1. The quantitative estimate of drug-likeness (QED) is 0.218. The molecule has 1 N–H and O–H groups in total. The number of nitrogens with zero attached hydrogens (tertiary/aromatic N) is 1. The van der Waals surface area contributed by atoms with Crippen LogP contribution in [0.4, 0.5) is 0 Å². The largest absolute Gasteiger partial charge is 0.493 e. The Morgan fingerprint density at radius 2 is 1.81 bits per heavy atom. The van der Waals surface area contributed by atoms with Gasteiger partial charge in [0.1, 0.15) is 11.7 Å². The van der Waals surface area contributed by atoms with Crippen LogP contribution in [-0.4, -0.2) is 69.5 Å². The molecule has 0 bridgehead atoms. The van der Waals surface area contributed by atoms with Crippen molar-refractivity contribution < 1.29 is 38.1 Å². The van der Waals surface area contributed by atoms with E-state index in [1.807, 2.05) is 39.0 Å². The summed E-state index contributed by atoms with van der Waals surface area (Å²) in [6.07, 6.45) is 4.96. The number of methoxy groups -OCH3 is 1. The van der Waals surface area contributed by atoms with E-state index in [1.165, 1.54) is 38.3 Å². The first kappa shape index (κ1) is 39.5. The van der Waals surface area contributed by atoms with Gasteiger partial charge in [-0.05, 0) is 44.2 Å². The Morgan fingerprint density at radius 1 is 1.16 bits per heavy atom. The molecule has 1 saturated heterocycles. The normalized spacial score (nSPS) is 17.8. The molecule has 0 radical (unpaired) electrons. The molecule has 0 amide bonds. The molecular weight excluding hydrogens is 552 g/mol. The summed E-state index contributed by atoms with van der Waals surface area (Å²) in [7, 11) is 3.18. The van der Waals surface area contributed by atoms with Crippen molar-refractivity contribution in [1.29, 1.82) is 0 Å². The molecule has 242 valence electrons. The molecule has 0 aliphatic carbocycles. The number of likely N-dealkylation sites (N-methyl/N-ethyl adjacent to an activating group) is 1. The van der Waals surface area contributed by atoms with Gasteiger partial charge in [0.15, 0.2) is 17.8 Å². The van der Waals surface area contributed by atoms with Crippen LogP contribution in [0, 0.1) is 11.8 Å². The second kappa shape index (κ2) is 24.0. The van der Waals surface area contributed by atoms with Gasteiger partial charge in [-0.15, -0.1) is 0 Å². The van der Waals surface area contributed by atoms with Crippen molar-refractivity contribution in [3.05, 3.63) is 53.9 Å². The first-order chi connectivity index (χ1) is 20.6. The monoisotopic (exact) mass is 604 g/mol. The number of nitrogens with one attached hydrogen (secondary N) is 1. The zero-order valence-electron chi connectivity index (χ0n) is 27.4. The van der Waals surface area contributed by atoms with Gasteiger partial charge in [0, 0.05) is 25.8 Å². The molecule has 1 aromatic carbocycles. The number of hydrogen-bond acceptors (Lipinski definition) is 10. The van der Waals surface area contributed by atoms with Crippen molar-refractivity contribution in [3.8, 4) is 11.5 Å². The van der Waals surface area contributed by atoms with Crippen LogP contribution in [0.2, 0.25) is 0 Å². The fourth-order valence-corrected chi connectivity index (χ4v) is 3.58. The third kappa shape index (κ3) is 17.3. The average Bonchev–Trinajstić information content (AvgIpc) is 3.07. The summed E-state index contributed by atoms with van der Waals surface area (Å²) < 4.78 is 25.8. The topological polar surface area (TPSA) is 122 Å². The molecular formula is C33H52N2O8. The van der Waals surface area contributed by atoms with Crippen LogP contribution in [0.1, 0.15) is 77.4 Å². The zero-order valence-corrected chi connectivity index (χ0v) is 27.4. The molecule has 3 atom stereocenters. The number of hydrogen-bond donors (Lipinski definition) is 1. The van der Waals surface area contributed by atoms with E-state index in [4.69, 9.17) is 18.9 Å². The second-order valence-electron chi connectivity index (χ2n) is 9.96. The lowest BCUT2D eigenvalue weighted by atomic mass is 9.95. The first-order valence-corrected chi connectivity index (χ1v) is 14.9. The number of rotatable bonds is 9. The van der Waals surface area contributed by atoms with Crippen molar-refractivity contribution in [2.24, 2.45) is 11.8 Å². The molecule has 1 aliphatic heterocycles. The van der Waals surface area contributed by atoms with E-state index in [2.05, 4.69) is 47.9 Å². The SMILES string of the molecule is CC.CCC(C)C.CN[C@H]1COC[C@H](Cc2ccccc2)CC(C)OC1=O.COc1ccnc(C=O)c1OCOC(C)=O. The van der Waals surface area contributed by atoms with Crippen LogP contribution in [0.3, 0.4) is 0 Å². The third-order valence-corrected chi connectivity index (χ3v) is 6.13. The van der Waals surface area contributed by atoms with Crippen LogP contribution in [-0.2, 0) is 30.2 Å². The molecule has 3 rings (SSSR count). The number of ether oxygens (including phenoxy) is 5. The molecule has 10 nitrogen and oxygen atoms in total. The van der Waals surface area contributed by atoms with Crippen molar-refractivity contribution in [2.45, 2.75) is 79.9 Å². The van der Waals surface area contributed by atoms with E-state index in [-0.39, 0.29) is 36.4 Å². The van der Waals surface area contributed by atoms with E-state index >= 15 is 0 Å². The summed E-state index contributed by atoms with van der Waals surface area (Å²) >= 11 is 0. The molecule has 0 spiro atoms. The fourth-order valence-electron chi connectivity index (χ4n) is 3.58. The number of benzene rings is 1. The van der Waals surface area contributed by atoms with Gasteiger partial charge < -0.3 is 29.0 Å². The zero-order chi connectivity index (χ0) is 32.6. The van der Waals surface area contributed by atoms with Gasteiger partial charge in [0.25, 0.3) is 0 Å². The second-order valence-corrected chi connectivity index (χ2v) is 9.96. The summed E-state index contributed by atoms with van der Waals surface area (Å²) in [6.45, 7) is 14.6. The van der Waals surface area contributed by atoms with E-state index in [1.54, 1.807) is 7.05 Å². The minimum atomic E-state index is -0.476. The van der Waals surface area contributed by atoms with Crippen LogP contribution < -0.4 is 14.8 Å². The molecule has 2 aromatic rings. The Bertz CT molecular complexity index is 1030. The molecule has 10 heteroatoms. The lowest BCUT2D eigenvalue weighted by Gasteiger charge is -2.19. The number of carbonyl (C=O) groups is 3. The molecule has 0 saturated carbocycles. The predicted octanol–water partition coefficient (Wildman–Crippen LogP) is 5.67. The van der Waals surface area contributed by atoms with Crippen LogP contribution in [0.25, 0.3) is 0 Å².